The fraction of sp³-hybridized carbons (Fsp3) is 0.286. The van der Waals surface area contributed by atoms with Crippen LogP contribution in [-0.4, -0.2) is 16.5 Å². The average Bonchev–Trinajstić information content (AvgIpc) is 2.42. The Balaban J connectivity index is 2.14. The molecule has 0 fully saturated rings. The first-order valence-corrected chi connectivity index (χ1v) is 7.36. The molecule has 0 unspecified atom stereocenters. The van der Waals surface area contributed by atoms with Gasteiger partial charge in [0.15, 0.2) is 0 Å². The summed E-state index contributed by atoms with van der Waals surface area (Å²) in [4.78, 5) is 8.86. The van der Waals surface area contributed by atoms with Gasteiger partial charge in [0.1, 0.15) is 11.6 Å². The van der Waals surface area contributed by atoms with Crippen molar-refractivity contribution < 1.29 is 0 Å². The summed E-state index contributed by atoms with van der Waals surface area (Å²) in [7, 11) is 0. The van der Waals surface area contributed by atoms with E-state index in [1.165, 1.54) is 0 Å². The van der Waals surface area contributed by atoms with Gasteiger partial charge in [0.2, 0.25) is 0 Å². The van der Waals surface area contributed by atoms with Gasteiger partial charge >= 0.3 is 0 Å². The zero-order valence-electron chi connectivity index (χ0n) is 10.7. The number of nitrogens with zero attached hydrogens (tertiary/aromatic N) is 2. The Morgan fingerprint density at radius 3 is 2.68 bits per heavy atom. The molecule has 1 aromatic carbocycles. The molecule has 19 heavy (non-hydrogen) atoms. The second-order valence-electron chi connectivity index (χ2n) is 4.21. The molecule has 0 spiro atoms. The lowest BCUT2D eigenvalue weighted by atomic mass is 10.1. The van der Waals surface area contributed by atoms with E-state index in [0.717, 1.165) is 39.7 Å². The third kappa shape index (κ3) is 4.18. The number of aromatic nitrogens is 2. The van der Waals surface area contributed by atoms with Crippen molar-refractivity contribution >= 4 is 33.3 Å². The Kier molecular flexibility index (Phi) is 5.16. The summed E-state index contributed by atoms with van der Waals surface area (Å²) in [6.07, 6.45) is 3.55. The molecule has 2 rings (SSSR count). The molecule has 1 N–H and O–H groups in total. The van der Waals surface area contributed by atoms with Gasteiger partial charge in [0.25, 0.3) is 0 Å². The lowest BCUT2D eigenvalue weighted by molar-refractivity contribution is 0.927. The van der Waals surface area contributed by atoms with Crippen LogP contribution in [0.1, 0.15) is 24.7 Å². The predicted molar refractivity (Wildman–Crippen MR) is 82.8 cm³/mol. The molecule has 3 nitrogen and oxygen atoms in total. The third-order valence-corrected chi connectivity index (χ3v) is 3.44. The Morgan fingerprint density at radius 1 is 1.26 bits per heavy atom. The molecule has 0 radical (unpaired) electrons. The molecule has 0 atom stereocenters. The monoisotopic (exact) mass is 339 g/mol. The highest BCUT2D eigenvalue weighted by atomic mass is 79.9. The van der Waals surface area contributed by atoms with Crippen LogP contribution in [0.4, 0.5) is 5.82 Å². The zero-order valence-corrected chi connectivity index (χ0v) is 13.0. The van der Waals surface area contributed by atoms with Gasteiger partial charge in [-0.2, -0.15) is 0 Å². The molecule has 0 bridgehead atoms. The number of anilines is 1. The van der Waals surface area contributed by atoms with E-state index in [1.807, 2.05) is 24.3 Å². The van der Waals surface area contributed by atoms with Crippen molar-refractivity contribution in [3.05, 3.63) is 51.3 Å². The minimum atomic E-state index is 0.700. The van der Waals surface area contributed by atoms with Crippen LogP contribution in [0.5, 0.6) is 0 Å². The van der Waals surface area contributed by atoms with Crippen LogP contribution in [0.25, 0.3) is 0 Å². The molecule has 0 saturated heterocycles. The molecular formula is C14H15BrClN3. The highest BCUT2D eigenvalue weighted by molar-refractivity contribution is 9.10. The first-order chi connectivity index (χ1) is 9.19. The van der Waals surface area contributed by atoms with Crippen molar-refractivity contribution in [2.45, 2.75) is 19.8 Å². The largest absolute Gasteiger partial charge is 0.369 e. The van der Waals surface area contributed by atoms with Crippen LogP contribution < -0.4 is 5.32 Å². The first-order valence-electron chi connectivity index (χ1n) is 6.18. The number of benzene rings is 1. The van der Waals surface area contributed by atoms with Crippen LogP contribution in [0, 0.1) is 0 Å². The van der Waals surface area contributed by atoms with Crippen molar-refractivity contribution in [2.75, 3.05) is 11.9 Å². The molecule has 0 saturated carbocycles. The van der Waals surface area contributed by atoms with Gasteiger partial charge in [-0.3, -0.25) is 0 Å². The second-order valence-corrected chi connectivity index (χ2v) is 5.50. The standard InChI is InChI=1S/C14H15BrClN3/c1-2-7-17-14-12(15)9-18-13(19-14)8-10-3-5-11(16)6-4-10/h3-6,9H,2,7-8H2,1H3,(H,17,18,19). The summed E-state index contributed by atoms with van der Waals surface area (Å²) in [5.74, 6) is 1.64. The quantitative estimate of drug-likeness (QED) is 0.881. The van der Waals surface area contributed by atoms with E-state index in [0.29, 0.717) is 6.42 Å². The van der Waals surface area contributed by atoms with Gasteiger partial charge in [-0.15, -0.1) is 0 Å². The highest BCUT2D eigenvalue weighted by Crippen LogP contribution is 2.20. The predicted octanol–water partition coefficient (Wildman–Crippen LogP) is 4.31. The molecule has 1 heterocycles. The van der Waals surface area contributed by atoms with Gasteiger partial charge in [0, 0.05) is 24.2 Å². The maximum Gasteiger partial charge on any atom is 0.144 e. The van der Waals surface area contributed by atoms with E-state index in [-0.39, 0.29) is 0 Å². The van der Waals surface area contributed by atoms with Crippen LogP contribution in [0.2, 0.25) is 5.02 Å². The van der Waals surface area contributed by atoms with Crippen LogP contribution >= 0.6 is 27.5 Å². The Bertz CT molecular complexity index is 543. The minimum absolute atomic E-state index is 0.700. The smallest absolute Gasteiger partial charge is 0.144 e. The number of hydrogen-bond acceptors (Lipinski definition) is 3. The molecule has 0 aliphatic carbocycles. The van der Waals surface area contributed by atoms with Crippen molar-refractivity contribution in [1.82, 2.24) is 9.97 Å². The van der Waals surface area contributed by atoms with E-state index < -0.39 is 0 Å². The minimum Gasteiger partial charge on any atom is -0.369 e. The lowest BCUT2D eigenvalue weighted by Gasteiger charge is -2.08. The molecule has 0 amide bonds. The normalized spacial score (nSPS) is 10.5. The maximum absolute atomic E-state index is 5.87. The number of rotatable bonds is 5. The van der Waals surface area contributed by atoms with Crippen molar-refractivity contribution in [3.63, 3.8) is 0 Å². The van der Waals surface area contributed by atoms with Gasteiger partial charge in [-0.05, 0) is 40.0 Å². The summed E-state index contributed by atoms with van der Waals surface area (Å²) < 4.78 is 0.890. The molecular weight excluding hydrogens is 326 g/mol. The zero-order chi connectivity index (χ0) is 13.7. The van der Waals surface area contributed by atoms with E-state index in [4.69, 9.17) is 11.6 Å². The molecule has 1 aromatic heterocycles. The summed E-state index contributed by atoms with van der Waals surface area (Å²) in [6, 6.07) is 7.75. The summed E-state index contributed by atoms with van der Waals surface area (Å²) in [5, 5.41) is 4.02. The SMILES string of the molecule is CCCNc1nc(Cc2ccc(Cl)cc2)ncc1Br. The first kappa shape index (κ1) is 14.3. The Hall–Kier alpha value is -1.13. The Morgan fingerprint density at radius 2 is 2.00 bits per heavy atom. The second kappa shape index (κ2) is 6.87. The van der Waals surface area contributed by atoms with Gasteiger partial charge in [-0.1, -0.05) is 30.7 Å². The van der Waals surface area contributed by atoms with E-state index in [9.17, 15) is 0 Å². The molecule has 0 aliphatic rings. The van der Waals surface area contributed by atoms with E-state index in [2.05, 4.69) is 38.1 Å². The van der Waals surface area contributed by atoms with Crippen LogP contribution in [0.15, 0.2) is 34.9 Å². The molecule has 5 heteroatoms. The van der Waals surface area contributed by atoms with Crippen molar-refractivity contribution in [2.24, 2.45) is 0 Å². The summed E-state index contributed by atoms with van der Waals surface area (Å²) >= 11 is 9.32. The number of hydrogen-bond donors (Lipinski definition) is 1. The van der Waals surface area contributed by atoms with Crippen molar-refractivity contribution in [3.8, 4) is 0 Å². The number of nitrogens with one attached hydrogen (secondary N) is 1. The average molecular weight is 341 g/mol. The Labute approximate surface area is 126 Å². The van der Waals surface area contributed by atoms with E-state index >= 15 is 0 Å². The van der Waals surface area contributed by atoms with Crippen molar-refractivity contribution in [1.29, 1.82) is 0 Å². The van der Waals surface area contributed by atoms with E-state index in [1.54, 1.807) is 6.20 Å². The van der Waals surface area contributed by atoms with Gasteiger partial charge in [-0.25, -0.2) is 9.97 Å². The van der Waals surface area contributed by atoms with Crippen LogP contribution in [-0.2, 0) is 6.42 Å². The fourth-order valence-corrected chi connectivity index (χ4v) is 2.10. The topological polar surface area (TPSA) is 37.8 Å². The van der Waals surface area contributed by atoms with Gasteiger partial charge < -0.3 is 5.32 Å². The highest BCUT2D eigenvalue weighted by Gasteiger charge is 2.05. The molecule has 0 aliphatic heterocycles. The van der Waals surface area contributed by atoms with Gasteiger partial charge in [0.05, 0.1) is 4.47 Å². The maximum atomic E-state index is 5.87. The summed E-state index contributed by atoms with van der Waals surface area (Å²) in [5.41, 5.74) is 1.15. The molecule has 2 aromatic rings. The molecule has 100 valence electrons. The number of halogens is 2. The fourth-order valence-electron chi connectivity index (χ4n) is 1.64. The lowest BCUT2D eigenvalue weighted by Crippen LogP contribution is -2.06. The third-order valence-electron chi connectivity index (χ3n) is 2.61. The summed E-state index contributed by atoms with van der Waals surface area (Å²) in [6.45, 7) is 3.02. The van der Waals surface area contributed by atoms with Crippen LogP contribution in [0.3, 0.4) is 0 Å².